The summed E-state index contributed by atoms with van der Waals surface area (Å²) in [7, 11) is 3.80. The first-order valence-electron chi connectivity index (χ1n) is 8.49. The molecule has 1 aromatic rings. The third-order valence-corrected chi connectivity index (χ3v) is 4.46. The number of anilines is 2. The Morgan fingerprint density at radius 2 is 2.12 bits per heavy atom. The SMILES string of the molecule is Cc1ccc(NC(=O)NCC2COC3(CCCC3)O2)c(N(C)C)n1. The van der Waals surface area contributed by atoms with E-state index < -0.39 is 0 Å². The van der Waals surface area contributed by atoms with Gasteiger partial charge in [-0.1, -0.05) is 0 Å². The minimum atomic E-state index is -0.387. The minimum Gasteiger partial charge on any atom is -0.361 e. The van der Waals surface area contributed by atoms with E-state index in [1.54, 1.807) is 0 Å². The van der Waals surface area contributed by atoms with E-state index in [2.05, 4.69) is 15.6 Å². The maximum Gasteiger partial charge on any atom is 0.319 e. The second-order valence-corrected chi connectivity index (χ2v) is 6.72. The van der Waals surface area contributed by atoms with Crippen molar-refractivity contribution in [3.05, 3.63) is 17.8 Å². The lowest BCUT2D eigenvalue weighted by Crippen LogP contribution is -2.37. The van der Waals surface area contributed by atoms with Crippen molar-refractivity contribution >= 4 is 17.5 Å². The number of rotatable bonds is 4. The van der Waals surface area contributed by atoms with Crippen molar-refractivity contribution in [2.24, 2.45) is 0 Å². The minimum absolute atomic E-state index is 0.0849. The zero-order valence-electron chi connectivity index (χ0n) is 14.6. The summed E-state index contributed by atoms with van der Waals surface area (Å²) in [5, 5.41) is 5.71. The highest BCUT2D eigenvalue weighted by molar-refractivity contribution is 5.92. The Morgan fingerprint density at radius 3 is 2.83 bits per heavy atom. The molecule has 2 amide bonds. The van der Waals surface area contributed by atoms with E-state index in [9.17, 15) is 4.79 Å². The molecule has 2 aliphatic rings. The van der Waals surface area contributed by atoms with Gasteiger partial charge < -0.3 is 25.0 Å². The van der Waals surface area contributed by atoms with Crippen LogP contribution in [0.1, 0.15) is 31.4 Å². The summed E-state index contributed by atoms with van der Waals surface area (Å²) in [5.74, 6) is 0.345. The van der Waals surface area contributed by atoms with Crippen LogP contribution in [0.5, 0.6) is 0 Å². The quantitative estimate of drug-likeness (QED) is 0.883. The van der Waals surface area contributed by atoms with E-state index in [4.69, 9.17) is 9.47 Å². The average Bonchev–Trinajstić information content (AvgIpc) is 3.17. The van der Waals surface area contributed by atoms with Gasteiger partial charge in [-0.2, -0.15) is 0 Å². The number of urea groups is 1. The molecule has 1 aliphatic heterocycles. The van der Waals surface area contributed by atoms with Crippen LogP contribution < -0.4 is 15.5 Å². The van der Waals surface area contributed by atoms with Crippen molar-refractivity contribution in [1.29, 1.82) is 0 Å². The molecule has 2 N–H and O–H groups in total. The number of nitrogens with one attached hydrogen (secondary N) is 2. The Labute approximate surface area is 142 Å². The molecule has 2 fully saturated rings. The van der Waals surface area contributed by atoms with Crippen LogP contribution in [0.25, 0.3) is 0 Å². The first-order chi connectivity index (χ1) is 11.5. The molecule has 1 saturated heterocycles. The summed E-state index contributed by atoms with van der Waals surface area (Å²) in [6.45, 7) is 2.90. The Balaban J connectivity index is 1.51. The number of ether oxygens (including phenoxy) is 2. The smallest absolute Gasteiger partial charge is 0.319 e. The maximum absolute atomic E-state index is 12.2. The molecular formula is C17H26N4O3. The number of carbonyl (C=O) groups is 1. The van der Waals surface area contributed by atoms with Gasteiger partial charge in [-0.3, -0.25) is 0 Å². The second-order valence-electron chi connectivity index (χ2n) is 6.72. The topological polar surface area (TPSA) is 75.7 Å². The fourth-order valence-electron chi connectivity index (χ4n) is 3.25. The van der Waals surface area contributed by atoms with Gasteiger partial charge in [0.2, 0.25) is 0 Å². The number of hydrogen-bond donors (Lipinski definition) is 2. The monoisotopic (exact) mass is 334 g/mol. The van der Waals surface area contributed by atoms with E-state index in [-0.39, 0.29) is 17.9 Å². The molecule has 7 heteroatoms. The number of hydrogen-bond acceptors (Lipinski definition) is 5. The van der Waals surface area contributed by atoms with Crippen LogP contribution in [0.4, 0.5) is 16.3 Å². The number of amides is 2. The molecule has 1 atom stereocenters. The van der Waals surface area contributed by atoms with Gasteiger partial charge in [-0.15, -0.1) is 0 Å². The van der Waals surface area contributed by atoms with Crippen LogP contribution in [0.15, 0.2) is 12.1 Å². The van der Waals surface area contributed by atoms with E-state index in [1.807, 2.05) is 38.1 Å². The Bertz CT molecular complexity index is 599. The molecule has 24 heavy (non-hydrogen) atoms. The van der Waals surface area contributed by atoms with Gasteiger partial charge >= 0.3 is 6.03 Å². The van der Waals surface area contributed by atoms with Crippen LogP contribution in [0, 0.1) is 6.92 Å². The Hall–Kier alpha value is -1.86. The molecule has 0 radical (unpaired) electrons. The van der Waals surface area contributed by atoms with Crippen molar-refractivity contribution in [2.45, 2.75) is 44.5 Å². The fourth-order valence-corrected chi connectivity index (χ4v) is 3.25. The molecule has 1 spiro atoms. The lowest BCUT2D eigenvalue weighted by molar-refractivity contribution is -0.160. The normalized spacial score (nSPS) is 21.9. The second kappa shape index (κ2) is 6.94. The largest absolute Gasteiger partial charge is 0.361 e. The first-order valence-corrected chi connectivity index (χ1v) is 8.49. The maximum atomic E-state index is 12.2. The molecule has 1 unspecified atom stereocenters. The number of nitrogens with zero attached hydrogens (tertiary/aromatic N) is 2. The summed E-state index contributed by atoms with van der Waals surface area (Å²) in [5.41, 5.74) is 1.59. The van der Waals surface area contributed by atoms with Crippen molar-refractivity contribution in [2.75, 3.05) is 37.5 Å². The van der Waals surface area contributed by atoms with Gasteiger partial charge in [0.25, 0.3) is 0 Å². The predicted octanol–water partition coefficient (Wildman–Crippen LogP) is 2.26. The third-order valence-electron chi connectivity index (χ3n) is 4.46. The number of pyridine rings is 1. The Kier molecular flexibility index (Phi) is 4.91. The van der Waals surface area contributed by atoms with Crippen LogP contribution in [-0.2, 0) is 9.47 Å². The number of carbonyl (C=O) groups excluding carboxylic acids is 1. The van der Waals surface area contributed by atoms with Gasteiger partial charge in [0.1, 0.15) is 6.10 Å². The van der Waals surface area contributed by atoms with Crippen LogP contribution >= 0.6 is 0 Å². The van der Waals surface area contributed by atoms with Crippen molar-refractivity contribution in [1.82, 2.24) is 10.3 Å². The molecule has 0 aromatic carbocycles. The summed E-state index contributed by atoms with van der Waals surface area (Å²) in [4.78, 5) is 18.5. The van der Waals surface area contributed by atoms with Crippen molar-refractivity contribution in [3.8, 4) is 0 Å². The summed E-state index contributed by atoms with van der Waals surface area (Å²) in [6, 6.07) is 3.47. The predicted molar refractivity (Wildman–Crippen MR) is 92.3 cm³/mol. The molecule has 1 aliphatic carbocycles. The average molecular weight is 334 g/mol. The molecule has 2 heterocycles. The highest BCUT2D eigenvalue weighted by Crippen LogP contribution is 2.38. The highest BCUT2D eigenvalue weighted by Gasteiger charge is 2.43. The molecule has 3 rings (SSSR count). The lowest BCUT2D eigenvalue weighted by Gasteiger charge is -2.22. The number of aryl methyl sites for hydroxylation is 1. The van der Waals surface area contributed by atoms with Gasteiger partial charge in [0, 0.05) is 39.2 Å². The summed E-state index contributed by atoms with van der Waals surface area (Å²) >= 11 is 0. The molecule has 7 nitrogen and oxygen atoms in total. The van der Waals surface area contributed by atoms with Gasteiger partial charge in [0.05, 0.1) is 12.3 Å². The van der Waals surface area contributed by atoms with Gasteiger partial charge in [-0.25, -0.2) is 9.78 Å². The molecular weight excluding hydrogens is 308 g/mol. The zero-order chi connectivity index (χ0) is 17.2. The summed E-state index contributed by atoms with van der Waals surface area (Å²) in [6.07, 6.45) is 4.12. The first kappa shape index (κ1) is 17.0. The van der Waals surface area contributed by atoms with E-state index >= 15 is 0 Å². The van der Waals surface area contributed by atoms with Crippen molar-refractivity contribution in [3.63, 3.8) is 0 Å². The van der Waals surface area contributed by atoms with E-state index in [0.29, 0.717) is 18.8 Å². The number of aromatic nitrogens is 1. The van der Waals surface area contributed by atoms with Gasteiger partial charge in [0.15, 0.2) is 11.6 Å². The standard InChI is InChI=1S/C17H26N4O3/c1-12-6-7-14(15(19-12)21(2)3)20-16(22)18-10-13-11-23-17(24-13)8-4-5-9-17/h6-7,13H,4-5,8-11H2,1-3H3,(H2,18,20,22). The van der Waals surface area contributed by atoms with Crippen LogP contribution in [-0.4, -0.2) is 50.2 Å². The molecule has 1 saturated carbocycles. The fraction of sp³-hybridized carbons (Fsp3) is 0.647. The third kappa shape index (κ3) is 3.79. The van der Waals surface area contributed by atoms with Crippen LogP contribution in [0.3, 0.4) is 0 Å². The molecule has 132 valence electrons. The van der Waals surface area contributed by atoms with Crippen LogP contribution in [0.2, 0.25) is 0 Å². The van der Waals surface area contributed by atoms with E-state index in [0.717, 1.165) is 37.2 Å². The van der Waals surface area contributed by atoms with Gasteiger partial charge in [-0.05, 0) is 31.9 Å². The lowest BCUT2D eigenvalue weighted by atomic mass is 10.2. The van der Waals surface area contributed by atoms with Crippen molar-refractivity contribution < 1.29 is 14.3 Å². The highest BCUT2D eigenvalue weighted by atomic mass is 16.7. The summed E-state index contributed by atoms with van der Waals surface area (Å²) < 4.78 is 11.8. The zero-order valence-corrected chi connectivity index (χ0v) is 14.6. The Morgan fingerprint density at radius 1 is 1.38 bits per heavy atom. The molecule has 1 aromatic heterocycles. The van der Waals surface area contributed by atoms with E-state index in [1.165, 1.54) is 0 Å². The molecule has 0 bridgehead atoms.